The lowest BCUT2D eigenvalue weighted by molar-refractivity contribution is -0.122. The van der Waals surface area contributed by atoms with E-state index in [1.165, 1.54) is 17.3 Å². The summed E-state index contributed by atoms with van der Waals surface area (Å²) in [5, 5.41) is 7.02. The molecule has 0 aromatic carbocycles. The average molecular weight is 424 g/mol. The van der Waals surface area contributed by atoms with Crippen molar-refractivity contribution in [2.45, 2.75) is 59.2 Å². The zero-order valence-electron chi connectivity index (χ0n) is 18.5. The lowest BCUT2D eigenvalue weighted by Crippen LogP contribution is -2.37. The van der Waals surface area contributed by atoms with Gasteiger partial charge in [-0.3, -0.25) is 13.9 Å². The molecule has 0 spiro atoms. The van der Waals surface area contributed by atoms with E-state index in [1.54, 1.807) is 11.6 Å². The van der Waals surface area contributed by atoms with Crippen LogP contribution in [0.15, 0.2) is 35.7 Å². The topological polar surface area (TPSA) is 99.6 Å². The quantitative estimate of drug-likeness (QED) is 0.678. The zero-order valence-corrected chi connectivity index (χ0v) is 18.5. The van der Waals surface area contributed by atoms with Crippen molar-refractivity contribution in [2.75, 3.05) is 0 Å². The third-order valence-corrected chi connectivity index (χ3v) is 5.49. The lowest BCUT2D eigenvalue weighted by Gasteiger charge is -2.23. The number of carbonyl (C=O) groups excluding carboxylic acids is 1. The van der Waals surface area contributed by atoms with Gasteiger partial charge in [-0.25, -0.2) is 19.4 Å². The van der Waals surface area contributed by atoms with Crippen molar-refractivity contribution in [1.29, 1.82) is 0 Å². The van der Waals surface area contributed by atoms with Gasteiger partial charge in [0.25, 0.3) is 0 Å². The first-order valence-electron chi connectivity index (χ1n) is 10.6. The Hall–Kier alpha value is -3.23. The predicted molar refractivity (Wildman–Crippen MR) is 118 cm³/mol. The van der Waals surface area contributed by atoms with Crippen LogP contribution in [0.1, 0.15) is 45.7 Å². The molecule has 9 heteroatoms. The number of hydrogen-bond donors (Lipinski definition) is 1. The van der Waals surface area contributed by atoms with Crippen LogP contribution in [-0.2, 0) is 24.9 Å². The van der Waals surface area contributed by atoms with E-state index in [2.05, 4.69) is 42.2 Å². The van der Waals surface area contributed by atoms with Gasteiger partial charge in [0.2, 0.25) is 5.91 Å². The van der Waals surface area contributed by atoms with E-state index in [0.717, 1.165) is 36.0 Å². The fraction of sp³-hybridized carbons (Fsp3) is 0.500. The molecule has 4 rings (SSSR count). The van der Waals surface area contributed by atoms with Crippen LogP contribution >= 0.6 is 0 Å². The minimum absolute atomic E-state index is 0.00392. The molecule has 0 bridgehead atoms. The van der Waals surface area contributed by atoms with E-state index in [9.17, 15) is 9.59 Å². The summed E-state index contributed by atoms with van der Waals surface area (Å²) >= 11 is 0. The summed E-state index contributed by atoms with van der Waals surface area (Å²) < 4.78 is 4.94. The molecule has 9 nitrogen and oxygen atoms in total. The van der Waals surface area contributed by atoms with Crippen molar-refractivity contribution in [2.24, 2.45) is 12.5 Å². The minimum Gasteiger partial charge on any atom is -0.351 e. The summed E-state index contributed by atoms with van der Waals surface area (Å²) in [6.07, 6.45) is 7.51. The van der Waals surface area contributed by atoms with E-state index in [4.69, 9.17) is 4.98 Å². The molecular weight excluding hydrogens is 394 g/mol. The molecule has 1 N–H and O–H groups in total. The number of pyridine rings is 1. The number of hydrogen-bond acceptors (Lipinski definition) is 5. The minimum atomic E-state index is -0.0675. The number of aromatic nitrogens is 6. The lowest BCUT2D eigenvalue weighted by atomic mass is 9.93. The number of aryl methyl sites for hydroxylation is 1. The van der Waals surface area contributed by atoms with Gasteiger partial charge in [-0.05, 0) is 42.4 Å². The van der Waals surface area contributed by atoms with Crippen LogP contribution in [0.2, 0.25) is 0 Å². The van der Waals surface area contributed by atoms with Gasteiger partial charge in [-0.1, -0.05) is 26.8 Å². The second-order valence-electron chi connectivity index (χ2n) is 9.39. The molecule has 164 valence electrons. The SMILES string of the molecule is Cn1c(=O)n(CC(C)(C)C)c2ccc(C3=CCC(NC(=O)Cn4cncn4)CC3)nc21. The van der Waals surface area contributed by atoms with Gasteiger partial charge in [0.05, 0.1) is 11.2 Å². The maximum atomic E-state index is 12.7. The van der Waals surface area contributed by atoms with Crippen LogP contribution in [-0.4, -0.2) is 40.8 Å². The fourth-order valence-corrected chi connectivity index (χ4v) is 4.01. The maximum absolute atomic E-state index is 12.7. The molecule has 3 heterocycles. The Balaban J connectivity index is 1.49. The molecule has 0 radical (unpaired) electrons. The van der Waals surface area contributed by atoms with Crippen LogP contribution < -0.4 is 11.0 Å². The van der Waals surface area contributed by atoms with Gasteiger partial charge in [0.1, 0.15) is 19.2 Å². The van der Waals surface area contributed by atoms with Gasteiger partial charge in [-0.15, -0.1) is 0 Å². The summed E-state index contributed by atoms with van der Waals surface area (Å²) in [6, 6.07) is 4.09. The summed E-state index contributed by atoms with van der Waals surface area (Å²) in [6.45, 7) is 7.17. The highest BCUT2D eigenvalue weighted by Crippen LogP contribution is 2.27. The molecule has 1 atom stereocenters. The second-order valence-corrected chi connectivity index (χ2v) is 9.39. The van der Waals surface area contributed by atoms with Crippen LogP contribution in [0.4, 0.5) is 0 Å². The smallest absolute Gasteiger partial charge is 0.330 e. The van der Waals surface area contributed by atoms with Gasteiger partial charge < -0.3 is 5.32 Å². The van der Waals surface area contributed by atoms with Crippen molar-refractivity contribution >= 4 is 22.6 Å². The zero-order chi connectivity index (χ0) is 22.2. The van der Waals surface area contributed by atoms with E-state index < -0.39 is 0 Å². The number of carbonyl (C=O) groups is 1. The number of allylic oxidation sites excluding steroid dienone is 1. The average Bonchev–Trinajstić information content (AvgIpc) is 3.30. The van der Waals surface area contributed by atoms with Gasteiger partial charge in [0.15, 0.2) is 5.65 Å². The molecule has 1 aliphatic carbocycles. The highest BCUT2D eigenvalue weighted by molar-refractivity contribution is 5.77. The second kappa shape index (κ2) is 8.13. The highest BCUT2D eigenvalue weighted by Gasteiger charge is 2.21. The van der Waals surface area contributed by atoms with Gasteiger partial charge in [0, 0.05) is 19.6 Å². The van der Waals surface area contributed by atoms with Crippen LogP contribution in [0, 0.1) is 5.41 Å². The van der Waals surface area contributed by atoms with Crippen LogP contribution in [0.5, 0.6) is 0 Å². The van der Waals surface area contributed by atoms with E-state index >= 15 is 0 Å². The molecular formula is C22H29N7O2. The van der Waals surface area contributed by atoms with E-state index in [1.807, 2.05) is 16.7 Å². The molecule has 0 saturated heterocycles. The number of fused-ring (bicyclic) bond motifs is 1. The Kier molecular flexibility index (Phi) is 5.51. The Bertz CT molecular complexity index is 1180. The summed E-state index contributed by atoms with van der Waals surface area (Å²) in [5.74, 6) is -0.0675. The van der Waals surface area contributed by atoms with Crippen molar-refractivity contribution in [3.05, 3.63) is 47.0 Å². The normalized spacial score (nSPS) is 17.0. The molecule has 0 aliphatic heterocycles. The highest BCUT2D eigenvalue weighted by atomic mass is 16.2. The Morgan fingerprint density at radius 3 is 2.74 bits per heavy atom. The van der Waals surface area contributed by atoms with Crippen molar-refractivity contribution < 1.29 is 4.79 Å². The molecule has 3 aromatic rings. The summed E-state index contributed by atoms with van der Waals surface area (Å²) in [4.78, 5) is 33.6. The molecule has 0 saturated carbocycles. The predicted octanol–water partition coefficient (Wildman–Crippen LogP) is 2.12. The van der Waals surface area contributed by atoms with Crippen molar-refractivity contribution in [3.63, 3.8) is 0 Å². The third kappa shape index (κ3) is 4.60. The summed E-state index contributed by atoms with van der Waals surface area (Å²) in [5.41, 5.74) is 3.57. The van der Waals surface area contributed by atoms with Crippen LogP contribution in [0.3, 0.4) is 0 Å². The Morgan fingerprint density at radius 1 is 1.29 bits per heavy atom. The number of rotatable bonds is 5. The fourth-order valence-electron chi connectivity index (χ4n) is 4.01. The number of amides is 1. The number of imidazole rings is 1. The monoisotopic (exact) mass is 423 g/mol. The third-order valence-electron chi connectivity index (χ3n) is 5.49. The van der Waals surface area contributed by atoms with Gasteiger partial charge >= 0.3 is 5.69 Å². The largest absolute Gasteiger partial charge is 0.351 e. The number of nitrogens with one attached hydrogen (secondary N) is 1. The van der Waals surface area contributed by atoms with E-state index in [-0.39, 0.29) is 29.6 Å². The number of nitrogens with zero attached hydrogens (tertiary/aromatic N) is 6. The molecule has 0 fully saturated rings. The van der Waals surface area contributed by atoms with Crippen LogP contribution in [0.25, 0.3) is 16.7 Å². The maximum Gasteiger partial charge on any atom is 0.330 e. The first kappa shape index (κ1) is 21.0. The van der Waals surface area contributed by atoms with Crippen molar-refractivity contribution in [1.82, 2.24) is 34.2 Å². The van der Waals surface area contributed by atoms with Gasteiger partial charge in [-0.2, -0.15) is 5.10 Å². The molecule has 3 aromatic heterocycles. The molecule has 31 heavy (non-hydrogen) atoms. The Morgan fingerprint density at radius 2 is 2.10 bits per heavy atom. The first-order valence-corrected chi connectivity index (χ1v) is 10.6. The van der Waals surface area contributed by atoms with E-state index in [0.29, 0.717) is 12.2 Å². The standard InChI is InChI=1S/C22H29N7O2/c1-22(2,3)12-29-18-10-9-17(26-20(18)27(4)21(29)31)15-5-7-16(8-6-15)25-19(30)11-28-14-23-13-24-28/h5,9-10,13-14,16H,6-8,11-12H2,1-4H3,(H,25,30). The Labute approximate surface area is 180 Å². The molecule has 1 aliphatic rings. The van der Waals surface area contributed by atoms with Crippen molar-refractivity contribution in [3.8, 4) is 0 Å². The first-order chi connectivity index (χ1) is 14.7. The molecule has 1 unspecified atom stereocenters. The molecule has 1 amide bonds. The summed E-state index contributed by atoms with van der Waals surface area (Å²) in [7, 11) is 1.77.